The first-order valence-electron chi connectivity index (χ1n) is 6.11. The Morgan fingerprint density at radius 1 is 1.28 bits per heavy atom. The number of nitrogens with two attached hydrogens (primary N) is 1. The molecule has 0 bridgehead atoms. The lowest BCUT2D eigenvalue weighted by Gasteiger charge is -2.21. The molecule has 18 heavy (non-hydrogen) atoms. The maximum Gasteiger partial charge on any atom is 0.123 e. The van der Waals surface area contributed by atoms with Crippen LogP contribution in [-0.2, 0) is 0 Å². The molecule has 1 aromatic rings. The summed E-state index contributed by atoms with van der Waals surface area (Å²) in [5.41, 5.74) is 7.59. The first-order valence-corrected chi connectivity index (χ1v) is 6.11. The van der Waals surface area contributed by atoms with Crippen LogP contribution in [0.4, 0.5) is 4.39 Å². The summed E-state index contributed by atoms with van der Waals surface area (Å²) in [5.74, 6) is 0.225. The van der Waals surface area contributed by atoms with Crippen molar-refractivity contribution in [2.24, 2.45) is 11.7 Å². The molecule has 3 N–H and O–H groups in total. The van der Waals surface area contributed by atoms with E-state index < -0.39 is 12.1 Å². The van der Waals surface area contributed by atoms with E-state index in [9.17, 15) is 9.50 Å². The fraction of sp³-hybridized carbons (Fsp3) is 0.571. The lowest BCUT2D eigenvalue weighted by atomic mass is 9.93. The summed E-state index contributed by atoms with van der Waals surface area (Å²) in [7, 11) is 0. The van der Waals surface area contributed by atoms with E-state index in [2.05, 4.69) is 13.8 Å². The number of aliphatic hydroxyl groups is 1. The fourth-order valence-electron chi connectivity index (χ4n) is 1.86. The van der Waals surface area contributed by atoms with Crippen molar-refractivity contribution in [1.82, 2.24) is 0 Å². The monoisotopic (exact) mass is 275 g/mol. The summed E-state index contributed by atoms with van der Waals surface area (Å²) in [6.45, 7) is 6.08. The number of aliphatic hydroxyl groups excluding tert-OH is 1. The van der Waals surface area contributed by atoms with Gasteiger partial charge in [0, 0.05) is 0 Å². The lowest BCUT2D eigenvalue weighted by Crippen LogP contribution is -2.27. The van der Waals surface area contributed by atoms with E-state index in [1.54, 1.807) is 6.07 Å². The second-order valence-corrected chi connectivity index (χ2v) is 5.07. The molecule has 2 nitrogen and oxygen atoms in total. The quantitative estimate of drug-likeness (QED) is 0.866. The predicted molar refractivity (Wildman–Crippen MR) is 75.4 cm³/mol. The van der Waals surface area contributed by atoms with E-state index in [0.717, 1.165) is 12.0 Å². The van der Waals surface area contributed by atoms with Crippen LogP contribution in [0.2, 0.25) is 0 Å². The van der Waals surface area contributed by atoms with Gasteiger partial charge in [0.2, 0.25) is 0 Å². The third-order valence-electron chi connectivity index (χ3n) is 3.05. The van der Waals surface area contributed by atoms with E-state index in [4.69, 9.17) is 5.73 Å². The second-order valence-electron chi connectivity index (χ2n) is 5.07. The van der Waals surface area contributed by atoms with Crippen molar-refractivity contribution in [1.29, 1.82) is 0 Å². The number of halogens is 2. The molecular formula is C14H23ClFNO. The topological polar surface area (TPSA) is 46.2 Å². The molecule has 0 aliphatic rings. The zero-order valence-electron chi connectivity index (χ0n) is 11.2. The summed E-state index contributed by atoms with van der Waals surface area (Å²) in [5, 5.41) is 9.99. The largest absolute Gasteiger partial charge is 0.391 e. The summed E-state index contributed by atoms with van der Waals surface area (Å²) in [6, 6.07) is 4.01. The van der Waals surface area contributed by atoms with Crippen LogP contribution in [0.3, 0.4) is 0 Å². The SMILES string of the molecule is Cc1ccc(F)cc1[C@H](N)[C@H](O)CCC(C)C.Cl. The Kier molecular flexibility index (Phi) is 7.45. The molecule has 0 saturated carbocycles. The zero-order chi connectivity index (χ0) is 13.0. The first kappa shape index (κ1) is 17.4. The Labute approximate surface area is 115 Å². The average Bonchev–Trinajstić information content (AvgIpc) is 2.28. The van der Waals surface area contributed by atoms with Gasteiger partial charge in [0.25, 0.3) is 0 Å². The van der Waals surface area contributed by atoms with Crippen molar-refractivity contribution >= 4 is 12.4 Å². The van der Waals surface area contributed by atoms with Gasteiger partial charge in [0.1, 0.15) is 5.82 Å². The molecule has 0 amide bonds. The van der Waals surface area contributed by atoms with Crippen molar-refractivity contribution in [3.8, 4) is 0 Å². The maximum atomic E-state index is 13.1. The summed E-state index contributed by atoms with van der Waals surface area (Å²) < 4.78 is 13.1. The van der Waals surface area contributed by atoms with Crippen LogP contribution in [-0.4, -0.2) is 11.2 Å². The number of hydrogen-bond acceptors (Lipinski definition) is 2. The van der Waals surface area contributed by atoms with E-state index in [1.807, 2.05) is 6.92 Å². The predicted octanol–water partition coefficient (Wildman–Crippen LogP) is 3.35. The lowest BCUT2D eigenvalue weighted by molar-refractivity contribution is 0.128. The highest BCUT2D eigenvalue weighted by Crippen LogP contribution is 2.23. The molecule has 0 heterocycles. The van der Waals surface area contributed by atoms with Crippen LogP contribution in [0.25, 0.3) is 0 Å². The highest BCUT2D eigenvalue weighted by Gasteiger charge is 2.19. The average molecular weight is 276 g/mol. The zero-order valence-corrected chi connectivity index (χ0v) is 12.0. The molecule has 0 aromatic heterocycles. The molecule has 0 spiro atoms. The van der Waals surface area contributed by atoms with Gasteiger partial charge in [-0.1, -0.05) is 19.9 Å². The van der Waals surface area contributed by atoms with Crippen molar-refractivity contribution < 1.29 is 9.50 Å². The van der Waals surface area contributed by atoms with Crippen LogP contribution in [0, 0.1) is 18.7 Å². The van der Waals surface area contributed by atoms with Gasteiger partial charge in [-0.05, 0) is 48.9 Å². The van der Waals surface area contributed by atoms with Crippen LogP contribution in [0.1, 0.15) is 43.9 Å². The minimum Gasteiger partial charge on any atom is -0.391 e. The fourth-order valence-corrected chi connectivity index (χ4v) is 1.86. The molecule has 104 valence electrons. The third kappa shape index (κ3) is 4.92. The molecule has 0 aliphatic heterocycles. The molecule has 0 fully saturated rings. The number of benzene rings is 1. The normalized spacial score (nSPS) is 14.2. The molecule has 0 radical (unpaired) electrons. The van der Waals surface area contributed by atoms with Crippen molar-refractivity contribution in [3.63, 3.8) is 0 Å². The standard InChI is InChI=1S/C14H22FNO.ClH/c1-9(2)4-7-13(17)14(16)12-8-11(15)6-5-10(12)3;/h5-6,8-9,13-14,17H,4,7,16H2,1-3H3;1H/t13-,14+;/m1./s1. The molecular weight excluding hydrogens is 253 g/mol. The Morgan fingerprint density at radius 2 is 1.89 bits per heavy atom. The number of rotatable bonds is 5. The molecule has 2 atom stereocenters. The van der Waals surface area contributed by atoms with Crippen LogP contribution in [0.15, 0.2) is 18.2 Å². The van der Waals surface area contributed by atoms with E-state index in [0.29, 0.717) is 17.9 Å². The molecule has 0 saturated heterocycles. The number of aryl methyl sites for hydroxylation is 1. The minimum absolute atomic E-state index is 0. The molecule has 0 aliphatic carbocycles. The second kappa shape index (κ2) is 7.72. The molecule has 0 unspecified atom stereocenters. The summed E-state index contributed by atoms with van der Waals surface area (Å²) in [4.78, 5) is 0. The highest BCUT2D eigenvalue weighted by atomic mass is 35.5. The van der Waals surface area contributed by atoms with Gasteiger partial charge in [-0.3, -0.25) is 0 Å². The number of hydrogen-bond donors (Lipinski definition) is 2. The van der Waals surface area contributed by atoms with Gasteiger partial charge in [0.05, 0.1) is 12.1 Å². The first-order chi connectivity index (χ1) is 7.91. The van der Waals surface area contributed by atoms with E-state index in [-0.39, 0.29) is 18.2 Å². The van der Waals surface area contributed by atoms with Crippen LogP contribution >= 0.6 is 12.4 Å². The van der Waals surface area contributed by atoms with Gasteiger partial charge >= 0.3 is 0 Å². The van der Waals surface area contributed by atoms with Crippen LogP contribution in [0.5, 0.6) is 0 Å². The van der Waals surface area contributed by atoms with E-state index >= 15 is 0 Å². The van der Waals surface area contributed by atoms with Gasteiger partial charge in [0.15, 0.2) is 0 Å². The van der Waals surface area contributed by atoms with Gasteiger partial charge in [-0.2, -0.15) is 0 Å². The molecule has 4 heteroatoms. The Balaban J connectivity index is 0.00000289. The smallest absolute Gasteiger partial charge is 0.123 e. The van der Waals surface area contributed by atoms with Crippen molar-refractivity contribution in [2.75, 3.05) is 0 Å². The van der Waals surface area contributed by atoms with Gasteiger partial charge in [-0.25, -0.2) is 4.39 Å². The van der Waals surface area contributed by atoms with Gasteiger partial charge in [-0.15, -0.1) is 12.4 Å². The maximum absolute atomic E-state index is 13.1. The summed E-state index contributed by atoms with van der Waals surface area (Å²) in [6.07, 6.45) is 0.954. The van der Waals surface area contributed by atoms with Crippen molar-refractivity contribution in [3.05, 3.63) is 35.1 Å². The van der Waals surface area contributed by atoms with Crippen LogP contribution < -0.4 is 5.73 Å². The Hall–Kier alpha value is -0.640. The highest BCUT2D eigenvalue weighted by molar-refractivity contribution is 5.85. The van der Waals surface area contributed by atoms with E-state index in [1.165, 1.54) is 12.1 Å². The molecule has 1 rings (SSSR count). The Bertz CT molecular complexity index is 371. The van der Waals surface area contributed by atoms with Gasteiger partial charge < -0.3 is 10.8 Å². The Morgan fingerprint density at radius 3 is 2.44 bits per heavy atom. The third-order valence-corrected chi connectivity index (χ3v) is 3.05. The molecule has 1 aromatic carbocycles. The van der Waals surface area contributed by atoms with Crippen molar-refractivity contribution in [2.45, 2.75) is 45.8 Å². The minimum atomic E-state index is -0.613. The summed E-state index contributed by atoms with van der Waals surface area (Å²) >= 11 is 0.